The second kappa shape index (κ2) is 8.14. The molecule has 1 aliphatic carbocycles. The summed E-state index contributed by atoms with van der Waals surface area (Å²) < 4.78 is 11.7. The maximum atomic E-state index is 12.6. The van der Waals surface area contributed by atoms with Crippen LogP contribution >= 0.6 is 0 Å². The SMILES string of the molecule is COc1ccc([C@]23CC[C@H](NC(=O)c4cc[n+]([O-])cc4)C[C@@H]2CN(C)C3)cc1OC. The van der Waals surface area contributed by atoms with Gasteiger partial charge in [-0.2, -0.15) is 4.73 Å². The van der Waals surface area contributed by atoms with E-state index in [1.165, 1.54) is 18.0 Å². The fourth-order valence-corrected chi connectivity index (χ4v) is 5.28. The number of nitrogens with one attached hydrogen (secondary N) is 1. The highest BCUT2D eigenvalue weighted by Crippen LogP contribution is 2.49. The molecular formula is C23H29N3O4. The lowest BCUT2D eigenvalue weighted by Gasteiger charge is -2.42. The summed E-state index contributed by atoms with van der Waals surface area (Å²) in [5.41, 5.74) is 1.85. The summed E-state index contributed by atoms with van der Waals surface area (Å²) in [6, 6.07) is 9.51. The molecule has 30 heavy (non-hydrogen) atoms. The van der Waals surface area contributed by atoms with E-state index in [1.54, 1.807) is 26.4 Å². The summed E-state index contributed by atoms with van der Waals surface area (Å²) in [5, 5.41) is 14.4. The third-order valence-electron chi connectivity index (χ3n) is 6.73. The number of rotatable bonds is 5. The number of aromatic nitrogens is 1. The van der Waals surface area contributed by atoms with Crippen LogP contribution in [0.15, 0.2) is 42.7 Å². The van der Waals surface area contributed by atoms with E-state index < -0.39 is 0 Å². The van der Waals surface area contributed by atoms with Gasteiger partial charge in [0.15, 0.2) is 23.9 Å². The van der Waals surface area contributed by atoms with Gasteiger partial charge in [0.2, 0.25) is 0 Å². The van der Waals surface area contributed by atoms with Gasteiger partial charge in [-0.05, 0) is 49.9 Å². The van der Waals surface area contributed by atoms with E-state index in [-0.39, 0.29) is 17.4 Å². The summed E-state index contributed by atoms with van der Waals surface area (Å²) in [6.45, 7) is 2.00. The summed E-state index contributed by atoms with van der Waals surface area (Å²) >= 11 is 0. The molecule has 0 radical (unpaired) electrons. The number of likely N-dealkylation sites (tertiary alicyclic amines) is 1. The first-order chi connectivity index (χ1) is 14.4. The first-order valence-electron chi connectivity index (χ1n) is 10.4. The van der Waals surface area contributed by atoms with Gasteiger partial charge < -0.3 is 24.9 Å². The topological polar surface area (TPSA) is 77.7 Å². The summed E-state index contributed by atoms with van der Waals surface area (Å²) in [5.74, 6) is 1.82. The first-order valence-corrected chi connectivity index (χ1v) is 10.4. The maximum Gasteiger partial charge on any atom is 0.251 e. The van der Waals surface area contributed by atoms with Crippen molar-refractivity contribution >= 4 is 5.91 Å². The van der Waals surface area contributed by atoms with Crippen molar-refractivity contribution in [1.82, 2.24) is 10.2 Å². The zero-order valence-corrected chi connectivity index (χ0v) is 17.8. The zero-order valence-electron chi connectivity index (χ0n) is 17.8. The van der Waals surface area contributed by atoms with Gasteiger partial charge in [0.1, 0.15) is 0 Å². The Morgan fingerprint density at radius 1 is 1.20 bits per heavy atom. The van der Waals surface area contributed by atoms with Crippen molar-refractivity contribution in [2.45, 2.75) is 30.7 Å². The van der Waals surface area contributed by atoms with E-state index in [2.05, 4.69) is 29.4 Å². The maximum absolute atomic E-state index is 12.6. The second-order valence-electron chi connectivity index (χ2n) is 8.51. The van der Waals surface area contributed by atoms with E-state index in [4.69, 9.17) is 9.47 Å². The number of methoxy groups -OCH3 is 2. The Morgan fingerprint density at radius 2 is 1.93 bits per heavy atom. The molecular weight excluding hydrogens is 382 g/mol. The van der Waals surface area contributed by atoms with Crippen molar-refractivity contribution in [3.63, 3.8) is 0 Å². The number of hydrogen-bond donors (Lipinski definition) is 1. The van der Waals surface area contributed by atoms with Crippen LogP contribution in [0.5, 0.6) is 11.5 Å². The van der Waals surface area contributed by atoms with Crippen molar-refractivity contribution in [3.05, 3.63) is 59.1 Å². The van der Waals surface area contributed by atoms with Crippen molar-refractivity contribution in [2.75, 3.05) is 34.4 Å². The minimum absolute atomic E-state index is 0.0520. The van der Waals surface area contributed by atoms with Crippen LogP contribution in [0, 0.1) is 11.1 Å². The average molecular weight is 412 g/mol. The van der Waals surface area contributed by atoms with Crippen molar-refractivity contribution in [1.29, 1.82) is 0 Å². The van der Waals surface area contributed by atoms with Crippen molar-refractivity contribution in [3.8, 4) is 11.5 Å². The number of amides is 1. The molecule has 4 rings (SSSR count). The number of benzene rings is 1. The molecule has 7 heteroatoms. The Labute approximate surface area is 177 Å². The number of carbonyl (C=O) groups is 1. The van der Waals surface area contributed by atoms with Gasteiger partial charge in [0.05, 0.1) is 19.8 Å². The summed E-state index contributed by atoms with van der Waals surface area (Å²) in [7, 11) is 5.48. The lowest BCUT2D eigenvalue weighted by Crippen LogP contribution is -2.47. The van der Waals surface area contributed by atoms with Crippen LogP contribution in [-0.2, 0) is 5.41 Å². The molecule has 3 atom stereocenters. The molecule has 1 amide bonds. The molecule has 0 bridgehead atoms. The highest BCUT2D eigenvalue weighted by atomic mass is 16.5. The molecule has 0 spiro atoms. The normalized spacial score (nSPS) is 26.1. The van der Waals surface area contributed by atoms with Crippen LogP contribution in [0.25, 0.3) is 0 Å². The fraction of sp³-hybridized carbons (Fsp3) is 0.478. The van der Waals surface area contributed by atoms with Crippen LogP contribution in [0.1, 0.15) is 35.2 Å². The molecule has 1 aliphatic heterocycles. The van der Waals surface area contributed by atoms with Gasteiger partial charge in [-0.3, -0.25) is 4.79 Å². The third-order valence-corrected chi connectivity index (χ3v) is 6.73. The average Bonchev–Trinajstić information content (AvgIpc) is 3.09. The number of likely N-dealkylation sites (N-methyl/N-ethyl adjacent to an activating group) is 1. The second-order valence-corrected chi connectivity index (χ2v) is 8.51. The van der Waals surface area contributed by atoms with Crippen molar-refractivity contribution < 1.29 is 19.0 Å². The van der Waals surface area contributed by atoms with E-state index in [9.17, 15) is 10.0 Å². The van der Waals surface area contributed by atoms with Crippen molar-refractivity contribution in [2.24, 2.45) is 5.92 Å². The Hall–Kier alpha value is -2.80. The Bertz CT molecular complexity index is 917. The van der Waals surface area contributed by atoms with Crippen LogP contribution < -0.4 is 19.5 Å². The monoisotopic (exact) mass is 411 g/mol. The molecule has 1 aromatic heterocycles. The molecule has 2 fully saturated rings. The molecule has 7 nitrogen and oxygen atoms in total. The van der Waals surface area contributed by atoms with Gasteiger partial charge >= 0.3 is 0 Å². The number of ether oxygens (including phenoxy) is 2. The largest absolute Gasteiger partial charge is 0.619 e. The number of carbonyl (C=O) groups excluding carboxylic acids is 1. The van der Waals surface area contributed by atoms with Crippen LogP contribution in [0.2, 0.25) is 0 Å². The van der Waals surface area contributed by atoms with Gasteiger partial charge in [0.25, 0.3) is 5.91 Å². The number of pyridine rings is 1. The Kier molecular flexibility index (Phi) is 5.56. The van der Waals surface area contributed by atoms with Gasteiger partial charge in [-0.25, -0.2) is 0 Å². The smallest absolute Gasteiger partial charge is 0.251 e. The molecule has 160 valence electrons. The van der Waals surface area contributed by atoms with Crippen LogP contribution in [0.4, 0.5) is 0 Å². The lowest BCUT2D eigenvalue weighted by atomic mass is 9.63. The quantitative estimate of drug-likeness (QED) is 0.602. The summed E-state index contributed by atoms with van der Waals surface area (Å²) in [4.78, 5) is 15.0. The fourth-order valence-electron chi connectivity index (χ4n) is 5.28. The minimum Gasteiger partial charge on any atom is -0.619 e. The van der Waals surface area contributed by atoms with E-state index >= 15 is 0 Å². The molecule has 0 unspecified atom stereocenters. The standard InChI is InChI=1S/C23H29N3O4/c1-25-14-18-12-19(24-22(27)16-7-10-26(28)11-8-16)6-9-23(18,15-25)17-4-5-20(29-2)21(13-17)30-3/h4-5,7-8,10-11,13,18-19H,6,9,12,14-15H2,1-3H3,(H,24,27)/t18-,19+,23-/m1/s1. The van der Waals surface area contributed by atoms with Gasteiger partial charge in [-0.15, -0.1) is 0 Å². The minimum atomic E-state index is -0.120. The van der Waals surface area contributed by atoms with Crippen LogP contribution in [0.3, 0.4) is 0 Å². The van der Waals surface area contributed by atoms with E-state index in [0.29, 0.717) is 16.2 Å². The molecule has 1 saturated carbocycles. The number of hydrogen-bond acceptors (Lipinski definition) is 5. The first kappa shape index (κ1) is 20.5. The zero-order chi connectivity index (χ0) is 21.3. The molecule has 1 saturated heterocycles. The molecule has 2 heterocycles. The molecule has 2 aromatic rings. The Morgan fingerprint density at radius 3 is 2.63 bits per heavy atom. The third kappa shape index (κ3) is 3.69. The predicted molar refractivity (Wildman–Crippen MR) is 113 cm³/mol. The van der Waals surface area contributed by atoms with Crippen LogP contribution in [-0.4, -0.2) is 51.2 Å². The lowest BCUT2D eigenvalue weighted by molar-refractivity contribution is -0.605. The number of fused-ring (bicyclic) bond motifs is 1. The number of nitrogens with zero attached hydrogens (tertiary/aromatic N) is 2. The summed E-state index contributed by atoms with van der Waals surface area (Å²) in [6.07, 6.45) is 5.54. The molecule has 1 aromatic carbocycles. The highest BCUT2D eigenvalue weighted by Gasteiger charge is 2.50. The molecule has 2 aliphatic rings. The van der Waals surface area contributed by atoms with Gasteiger partial charge in [0, 0.05) is 36.7 Å². The van der Waals surface area contributed by atoms with E-state index in [1.807, 2.05) is 6.07 Å². The predicted octanol–water partition coefficient (Wildman–Crippen LogP) is 2.12. The van der Waals surface area contributed by atoms with E-state index in [0.717, 1.165) is 43.9 Å². The Balaban J connectivity index is 1.53. The highest BCUT2D eigenvalue weighted by molar-refractivity contribution is 5.94. The van der Waals surface area contributed by atoms with Gasteiger partial charge in [-0.1, -0.05) is 6.07 Å². The molecule has 1 N–H and O–H groups in total.